The maximum absolute atomic E-state index is 6.32. The van der Waals surface area contributed by atoms with Crippen molar-refractivity contribution in [2.24, 2.45) is 0 Å². The molecule has 0 amide bonds. The summed E-state index contributed by atoms with van der Waals surface area (Å²) in [6, 6.07) is 17.2. The average Bonchev–Trinajstić information content (AvgIpc) is 3.40. The number of nitrogens with two attached hydrogens (primary N) is 1. The van der Waals surface area contributed by atoms with Crippen LogP contribution in [0.2, 0.25) is 0 Å². The molecule has 1 aromatic carbocycles. The molecule has 2 saturated heterocycles. The zero-order chi connectivity index (χ0) is 28.3. The first-order chi connectivity index (χ1) is 20.0. The van der Waals surface area contributed by atoms with Crippen molar-refractivity contribution in [3.8, 4) is 17.1 Å². The van der Waals surface area contributed by atoms with Crippen molar-refractivity contribution in [1.29, 1.82) is 0 Å². The van der Waals surface area contributed by atoms with Crippen LogP contribution in [-0.4, -0.2) is 81.8 Å². The van der Waals surface area contributed by atoms with Crippen molar-refractivity contribution in [2.45, 2.75) is 25.4 Å². The van der Waals surface area contributed by atoms with Crippen LogP contribution in [0.25, 0.3) is 28.2 Å². The Hall–Kier alpha value is -4.21. The lowest BCUT2D eigenvalue weighted by Gasteiger charge is -2.38. The fourth-order valence-electron chi connectivity index (χ4n) is 5.80. The van der Waals surface area contributed by atoms with Crippen molar-refractivity contribution >= 4 is 22.8 Å². The van der Waals surface area contributed by atoms with E-state index in [1.54, 1.807) is 6.20 Å². The van der Waals surface area contributed by atoms with Crippen molar-refractivity contribution in [3.05, 3.63) is 85.2 Å². The van der Waals surface area contributed by atoms with Crippen LogP contribution in [0.5, 0.6) is 0 Å². The van der Waals surface area contributed by atoms with Crippen molar-refractivity contribution < 1.29 is 4.74 Å². The molecule has 4 aromatic rings. The van der Waals surface area contributed by atoms with Gasteiger partial charge in [-0.25, -0.2) is 15.0 Å². The molecule has 0 bridgehead atoms. The molecule has 0 unspecified atom stereocenters. The number of rotatable bonds is 8. The largest absolute Gasteiger partial charge is 0.383 e. The van der Waals surface area contributed by atoms with E-state index in [4.69, 9.17) is 20.4 Å². The third-order valence-electron chi connectivity index (χ3n) is 8.30. The van der Waals surface area contributed by atoms with Crippen LogP contribution in [0.3, 0.4) is 0 Å². The zero-order valence-corrected chi connectivity index (χ0v) is 23.7. The van der Waals surface area contributed by atoms with Crippen LogP contribution >= 0.6 is 0 Å². The minimum Gasteiger partial charge on any atom is -0.383 e. The number of imidazole rings is 1. The topological polar surface area (TPSA) is 88.6 Å². The van der Waals surface area contributed by atoms with E-state index in [1.807, 2.05) is 30.3 Å². The van der Waals surface area contributed by atoms with E-state index < -0.39 is 0 Å². The molecular formula is C32H38N8O. The molecule has 5 heterocycles. The second kappa shape index (κ2) is 11.7. The molecular weight excluding hydrogens is 512 g/mol. The average molecular weight is 551 g/mol. The molecule has 2 N–H and O–H groups in total. The summed E-state index contributed by atoms with van der Waals surface area (Å²) in [5.74, 6) is 2.10. The van der Waals surface area contributed by atoms with Crippen LogP contribution in [0.4, 0.5) is 11.6 Å². The molecule has 9 nitrogen and oxygen atoms in total. The maximum Gasteiger partial charge on any atom is 0.167 e. The Kier molecular flexibility index (Phi) is 7.71. The van der Waals surface area contributed by atoms with Gasteiger partial charge in [-0.1, -0.05) is 25.3 Å². The lowest BCUT2D eigenvalue weighted by atomic mass is 10.0. The Morgan fingerprint density at radius 1 is 1.05 bits per heavy atom. The molecule has 41 heavy (non-hydrogen) atoms. The van der Waals surface area contributed by atoms with Gasteiger partial charge in [0.1, 0.15) is 17.2 Å². The SMILES string of the molecule is C=CC(=C)N(C)C1CCN(Cc2ccc(-n3c(-c4cccnc4N)nc4ccc(N5CCOCC5)nc43)cc2)CC1. The molecule has 9 heteroatoms. The van der Waals surface area contributed by atoms with Gasteiger partial charge in [-0.05, 0) is 60.9 Å². The third kappa shape index (κ3) is 5.55. The number of benzene rings is 1. The first-order valence-electron chi connectivity index (χ1n) is 14.3. The summed E-state index contributed by atoms with van der Waals surface area (Å²) in [4.78, 5) is 21.4. The standard InChI is InChI=1S/C32H38N8O/c1-4-23(2)37(3)25-13-16-38(17-14-25)22-24-7-9-26(10-8-24)40-31(27-6-5-15-34-30(27)33)35-28-11-12-29(36-32(28)40)39-18-20-41-21-19-39/h4-12,15,25H,1-2,13-14,16-22H2,3H3,(H2,33,34). The van der Waals surface area contributed by atoms with Crippen LogP contribution in [0, 0.1) is 0 Å². The fourth-order valence-corrected chi connectivity index (χ4v) is 5.80. The van der Waals surface area contributed by atoms with E-state index in [0.29, 0.717) is 25.1 Å². The van der Waals surface area contributed by atoms with Gasteiger partial charge in [0.2, 0.25) is 0 Å². The third-order valence-corrected chi connectivity index (χ3v) is 8.30. The zero-order valence-electron chi connectivity index (χ0n) is 23.7. The molecule has 0 radical (unpaired) electrons. The van der Waals surface area contributed by atoms with E-state index in [-0.39, 0.29) is 0 Å². The molecule has 2 aliphatic heterocycles. The molecule has 0 atom stereocenters. The normalized spacial score (nSPS) is 16.7. The monoisotopic (exact) mass is 550 g/mol. The Morgan fingerprint density at radius 2 is 1.80 bits per heavy atom. The number of aromatic nitrogens is 4. The van der Waals surface area contributed by atoms with E-state index in [2.05, 4.69) is 68.7 Å². The molecule has 0 saturated carbocycles. The van der Waals surface area contributed by atoms with E-state index in [9.17, 15) is 0 Å². The fraction of sp³-hybridized carbons (Fsp3) is 0.344. The second-order valence-electron chi connectivity index (χ2n) is 10.8. The van der Waals surface area contributed by atoms with Gasteiger partial charge in [0.05, 0.1) is 18.8 Å². The summed E-state index contributed by atoms with van der Waals surface area (Å²) < 4.78 is 7.65. The number of fused-ring (bicyclic) bond motifs is 1. The number of ether oxygens (including phenoxy) is 1. The van der Waals surface area contributed by atoms with Crippen LogP contribution in [-0.2, 0) is 11.3 Å². The smallest absolute Gasteiger partial charge is 0.167 e. The summed E-state index contributed by atoms with van der Waals surface area (Å²) in [7, 11) is 2.12. The highest BCUT2D eigenvalue weighted by atomic mass is 16.5. The number of piperidine rings is 1. The van der Waals surface area contributed by atoms with E-state index >= 15 is 0 Å². The van der Waals surface area contributed by atoms with Crippen molar-refractivity contribution in [3.63, 3.8) is 0 Å². The lowest BCUT2D eigenvalue weighted by molar-refractivity contribution is 0.122. The first-order valence-corrected chi connectivity index (χ1v) is 14.3. The van der Waals surface area contributed by atoms with E-state index in [0.717, 1.165) is 85.3 Å². The quantitative estimate of drug-likeness (QED) is 0.321. The predicted octanol–water partition coefficient (Wildman–Crippen LogP) is 4.50. The molecule has 2 fully saturated rings. The van der Waals surface area contributed by atoms with Gasteiger partial charge in [-0.3, -0.25) is 9.47 Å². The minimum absolute atomic E-state index is 0.444. The highest BCUT2D eigenvalue weighted by Gasteiger charge is 2.23. The molecule has 212 valence electrons. The highest BCUT2D eigenvalue weighted by Crippen LogP contribution is 2.32. The Labute approximate surface area is 241 Å². The number of pyridine rings is 2. The summed E-state index contributed by atoms with van der Waals surface area (Å²) in [5, 5.41) is 0. The molecule has 3 aromatic heterocycles. The molecule has 0 aliphatic carbocycles. The van der Waals surface area contributed by atoms with Gasteiger partial charge in [0.15, 0.2) is 11.5 Å². The number of nitrogens with zero attached hydrogens (tertiary/aromatic N) is 7. The molecule has 2 aliphatic rings. The first kappa shape index (κ1) is 27.0. The number of morpholine rings is 1. The van der Waals surface area contributed by atoms with Gasteiger partial charge < -0.3 is 20.3 Å². The lowest BCUT2D eigenvalue weighted by Crippen LogP contribution is -2.42. The maximum atomic E-state index is 6.32. The van der Waals surface area contributed by atoms with Gasteiger partial charge in [0, 0.05) is 63.4 Å². The number of likely N-dealkylation sites (tertiary alicyclic amines) is 1. The number of hydrogen-bond donors (Lipinski definition) is 1. The predicted molar refractivity (Wildman–Crippen MR) is 165 cm³/mol. The summed E-state index contributed by atoms with van der Waals surface area (Å²) in [6.07, 6.45) is 5.78. The Bertz CT molecular complexity index is 1530. The van der Waals surface area contributed by atoms with Crippen LogP contribution in [0.1, 0.15) is 18.4 Å². The van der Waals surface area contributed by atoms with Gasteiger partial charge in [-0.2, -0.15) is 0 Å². The molecule has 0 spiro atoms. The van der Waals surface area contributed by atoms with Crippen LogP contribution in [0.15, 0.2) is 79.7 Å². The highest BCUT2D eigenvalue weighted by molar-refractivity contribution is 5.83. The summed E-state index contributed by atoms with van der Waals surface area (Å²) in [5.41, 5.74) is 12.0. The van der Waals surface area contributed by atoms with Gasteiger partial charge in [0.25, 0.3) is 0 Å². The number of hydrogen-bond acceptors (Lipinski definition) is 8. The Morgan fingerprint density at radius 3 is 2.51 bits per heavy atom. The minimum atomic E-state index is 0.444. The Balaban J connectivity index is 1.28. The van der Waals surface area contributed by atoms with E-state index in [1.165, 1.54) is 5.56 Å². The van der Waals surface area contributed by atoms with Gasteiger partial charge in [-0.15, -0.1) is 0 Å². The second-order valence-corrected chi connectivity index (χ2v) is 10.8. The van der Waals surface area contributed by atoms with Crippen molar-refractivity contribution in [2.75, 3.05) is 57.1 Å². The van der Waals surface area contributed by atoms with Crippen LogP contribution < -0.4 is 10.6 Å². The summed E-state index contributed by atoms with van der Waals surface area (Å²) >= 11 is 0. The number of allylic oxidation sites excluding steroid dienone is 1. The van der Waals surface area contributed by atoms with Gasteiger partial charge >= 0.3 is 0 Å². The number of likely N-dealkylation sites (N-methyl/N-ethyl adjacent to an activating group) is 1. The number of anilines is 2. The van der Waals surface area contributed by atoms with Crippen molar-refractivity contribution in [1.82, 2.24) is 29.3 Å². The number of nitrogen functional groups attached to an aromatic ring is 1. The molecule has 6 rings (SSSR count). The summed E-state index contributed by atoms with van der Waals surface area (Å²) in [6.45, 7) is 14.1.